The minimum absolute atomic E-state index is 0.197. The molecule has 0 aromatic rings. The molecule has 2 rings (SSSR count). The van der Waals surface area contributed by atoms with Crippen molar-refractivity contribution in [3.05, 3.63) is 47.6 Å². The van der Waals surface area contributed by atoms with E-state index in [1.165, 1.54) is 11.1 Å². The normalized spacial score (nSPS) is 18.5. The van der Waals surface area contributed by atoms with E-state index in [2.05, 4.69) is 36.5 Å². The molecule has 0 heterocycles. The zero-order chi connectivity index (χ0) is 10.5. The number of rotatable bonds is 5. The molecule has 0 saturated heterocycles. The van der Waals surface area contributed by atoms with E-state index < -0.39 is 0 Å². The topological polar surface area (TPSA) is 0 Å². The molecule has 0 unspecified atom stereocenters. The standard InChI is InChI=1S/C13H15.ClH.Ti/c1-2-13(11-7-3-4-8-11)12-9-5-6-10-12;;/h3-7,9,13H,1-2,8,10H2;1H;/q;;+1/p-1. The quantitative estimate of drug-likeness (QED) is 0.637. The van der Waals surface area contributed by atoms with Gasteiger partial charge < -0.3 is 0 Å². The van der Waals surface area contributed by atoms with Crippen LogP contribution in [-0.2, 0) is 18.1 Å². The molecule has 0 bridgehead atoms. The summed E-state index contributed by atoms with van der Waals surface area (Å²) in [6.45, 7) is 0. The van der Waals surface area contributed by atoms with Crippen LogP contribution in [-0.4, -0.2) is 0 Å². The predicted octanol–water partition coefficient (Wildman–Crippen LogP) is 4.42. The van der Waals surface area contributed by atoms with Crippen LogP contribution in [0, 0.1) is 5.92 Å². The molecule has 0 aliphatic heterocycles. The van der Waals surface area contributed by atoms with Crippen LogP contribution in [0.4, 0.5) is 0 Å². The third kappa shape index (κ3) is 2.97. The number of allylic oxidation sites excluding steroid dienone is 8. The van der Waals surface area contributed by atoms with Gasteiger partial charge in [-0.2, -0.15) is 0 Å². The zero-order valence-corrected chi connectivity index (χ0v) is 11.1. The van der Waals surface area contributed by atoms with Crippen molar-refractivity contribution in [2.24, 2.45) is 5.92 Å². The number of halogens is 1. The molecule has 2 aliphatic rings. The maximum atomic E-state index is 5.91. The molecule has 0 amide bonds. The molecule has 0 radical (unpaired) electrons. The number of hydrogen-bond acceptors (Lipinski definition) is 0. The summed E-state index contributed by atoms with van der Waals surface area (Å²) < 4.78 is 1.24. The van der Waals surface area contributed by atoms with Crippen molar-refractivity contribution in [2.75, 3.05) is 0 Å². The Morgan fingerprint density at radius 1 is 1.13 bits per heavy atom. The van der Waals surface area contributed by atoms with Crippen molar-refractivity contribution >= 4 is 9.30 Å². The van der Waals surface area contributed by atoms with E-state index >= 15 is 0 Å². The van der Waals surface area contributed by atoms with E-state index in [0.717, 1.165) is 12.8 Å². The van der Waals surface area contributed by atoms with E-state index in [9.17, 15) is 0 Å². The molecule has 0 saturated carbocycles. The average molecular weight is 255 g/mol. The zero-order valence-electron chi connectivity index (χ0n) is 8.75. The fourth-order valence-electron chi connectivity index (χ4n) is 2.25. The van der Waals surface area contributed by atoms with Gasteiger partial charge in [0.05, 0.1) is 0 Å². The molecule has 0 aromatic carbocycles. The first-order chi connectivity index (χ1) is 7.42. The Hall–Kier alpha value is -0.0357. The van der Waals surface area contributed by atoms with Crippen LogP contribution in [0.15, 0.2) is 47.6 Å². The summed E-state index contributed by atoms with van der Waals surface area (Å²) in [6, 6.07) is 0. The molecule has 0 aromatic heterocycles. The Bertz CT molecular complexity index is 306. The Morgan fingerprint density at radius 2 is 1.73 bits per heavy atom. The molecule has 0 nitrogen and oxygen atoms in total. The van der Waals surface area contributed by atoms with Gasteiger partial charge in [0.1, 0.15) is 0 Å². The Morgan fingerprint density at radius 3 is 2.13 bits per heavy atom. The summed E-state index contributed by atoms with van der Waals surface area (Å²) in [5.41, 5.74) is 3.17. The molecule has 0 N–H and O–H groups in total. The third-order valence-corrected chi connectivity index (χ3v) is 4.55. The van der Waals surface area contributed by atoms with Crippen molar-refractivity contribution in [1.82, 2.24) is 0 Å². The van der Waals surface area contributed by atoms with Crippen LogP contribution in [0.3, 0.4) is 0 Å². The molecule has 0 fully saturated rings. The Balaban J connectivity index is 2.02. The van der Waals surface area contributed by atoms with E-state index in [4.69, 9.17) is 9.30 Å². The summed E-state index contributed by atoms with van der Waals surface area (Å²) >= 11 is -0.197. The van der Waals surface area contributed by atoms with Gasteiger partial charge in [0.25, 0.3) is 0 Å². The van der Waals surface area contributed by atoms with Gasteiger partial charge >= 0.3 is 105 Å². The van der Waals surface area contributed by atoms with Gasteiger partial charge in [0.2, 0.25) is 0 Å². The summed E-state index contributed by atoms with van der Waals surface area (Å²) in [6.07, 6.45) is 17.0. The Kier molecular flexibility index (Phi) is 4.49. The van der Waals surface area contributed by atoms with Gasteiger partial charge in [0, 0.05) is 0 Å². The first kappa shape index (κ1) is 11.4. The summed E-state index contributed by atoms with van der Waals surface area (Å²) in [7, 11) is 5.91. The summed E-state index contributed by atoms with van der Waals surface area (Å²) in [5.74, 6) is 0.664. The SMILES string of the molecule is [Cl][Ti][CH2]CC(C1=CC=CC1)C1=CC=CC1. The second kappa shape index (κ2) is 5.89. The molecular weight excluding hydrogens is 239 g/mol. The predicted molar refractivity (Wildman–Crippen MR) is 62.4 cm³/mol. The van der Waals surface area contributed by atoms with Crippen molar-refractivity contribution < 1.29 is 18.1 Å². The van der Waals surface area contributed by atoms with E-state index in [-0.39, 0.29) is 18.1 Å². The summed E-state index contributed by atoms with van der Waals surface area (Å²) in [5, 5.41) is 0. The van der Waals surface area contributed by atoms with E-state index in [1.807, 2.05) is 0 Å². The van der Waals surface area contributed by atoms with Crippen LogP contribution in [0.2, 0.25) is 4.73 Å². The number of hydrogen-bond donors (Lipinski definition) is 0. The monoisotopic (exact) mass is 254 g/mol. The molecule has 78 valence electrons. The maximum absolute atomic E-state index is 5.91. The second-order valence-corrected chi connectivity index (χ2v) is 6.27. The van der Waals surface area contributed by atoms with Crippen LogP contribution in [0.1, 0.15) is 19.3 Å². The van der Waals surface area contributed by atoms with Gasteiger partial charge in [0.15, 0.2) is 0 Å². The first-order valence-electron chi connectivity index (χ1n) is 5.46. The van der Waals surface area contributed by atoms with Gasteiger partial charge in [-0.25, -0.2) is 0 Å². The van der Waals surface area contributed by atoms with E-state index in [1.54, 1.807) is 11.1 Å². The molecule has 15 heavy (non-hydrogen) atoms. The van der Waals surface area contributed by atoms with Crippen molar-refractivity contribution in [2.45, 2.75) is 24.0 Å². The van der Waals surface area contributed by atoms with Crippen LogP contribution < -0.4 is 0 Å². The fourth-order valence-corrected chi connectivity index (χ4v) is 3.32. The van der Waals surface area contributed by atoms with E-state index in [0.29, 0.717) is 5.92 Å². The molecule has 2 heteroatoms. The second-order valence-electron chi connectivity index (χ2n) is 3.97. The third-order valence-electron chi connectivity index (χ3n) is 3.02. The van der Waals surface area contributed by atoms with Crippen molar-refractivity contribution in [3.8, 4) is 0 Å². The molecule has 0 atom stereocenters. The fraction of sp³-hybridized carbons (Fsp3) is 0.385. The first-order valence-corrected chi connectivity index (χ1v) is 8.72. The van der Waals surface area contributed by atoms with Crippen molar-refractivity contribution in [3.63, 3.8) is 0 Å². The average Bonchev–Trinajstić information content (AvgIpc) is 2.90. The molecular formula is C13H15ClTi. The van der Waals surface area contributed by atoms with Crippen LogP contribution in [0.5, 0.6) is 0 Å². The van der Waals surface area contributed by atoms with Gasteiger partial charge in [-0.1, -0.05) is 0 Å². The van der Waals surface area contributed by atoms with Gasteiger partial charge in [-0.15, -0.1) is 0 Å². The molecule has 0 spiro atoms. The van der Waals surface area contributed by atoms with Gasteiger partial charge in [-0.05, 0) is 0 Å². The summed E-state index contributed by atoms with van der Waals surface area (Å²) in [4.78, 5) is 0. The van der Waals surface area contributed by atoms with Crippen LogP contribution in [0.25, 0.3) is 0 Å². The minimum atomic E-state index is -0.197. The Labute approximate surface area is 105 Å². The van der Waals surface area contributed by atoms with Crippen molar-refractivity contribution in [1.29, 1.82) is 0 Å². The van der Waals surface area contributed by atoms with Gasteiger partial charge in [-0.3, -0.25) is 0 Å². The molecule has 2 aliphatic carbocycles. The van der Waals surface area contributed by atoms with Crippen LogP contribution >= 0.6 is 9.30 Å².